The summed E-state index contributed by atoms with van der Waals surface area (Å²) in [7, 11) is 0. The van der Waals surface area contributed by atoms with Gasteiger partial charge in [-0.2, -0.15) is 4.98 Å². The molecule has 1 N–H and O–H groups in total. The molecule has 1 aromatic carbocycles. The van der Waals surface area contributed by atoms with Gasteiger partial charge < -0.3 is 9.52 Å². The van der Waals surface area contributed by atoms with Gasteiger partial charge in [-0.05, 0) is 24.3 Å². The van der Waals surface area contributed by atoms with Crippen molar-refractivity contribution >= 4 is 22.2 Å². The number of carbonyl (C=O) groups excluding carboxylic acids is 1. The zero-order valence-electron chi connectivity index (χ0n) is 7.48. The van der Waals surface area contributed by atoms with Crippen LogP contribution in [0.5, 0.6) is 5.75 Å². The average Bonchev–Trinajstić information content (AvgIpc) is 2.61. The van der Waals surface area contributed by atoms with Gasteiger partial charge in [0.05, 0.1) is 0 Å². The Hall–Kier alpha value is -1.62. The number of hydrogen-bond acceptors (Lipinski definition) is 4. The maximum Gasteiger partial charge on any atom is 0.265 e. The molecule has 0 unspecified atom stereocenters. The first-order chi connectivity index (χ1) is 7.20. The van der Waals surface area contributed by atoms with Gasteiger partial charge in [-0.3, -0.25) is 4.79 Å². The van der Waals surface area contributed by atoms with E-state index < -0.39 is 0 Å². The van der Waals surface area contributed by atoms with Crippen LogP contribution < -0.4 is 0 Å². The van der Waals surface area contributed by atoms with Gasteiger partial charge in [0.1, 0.15) is 5.75 Å². The molecule has 1 heterocycles. The SMILES string of the molecule is O=Cc1nc(Br)oc1-c1ccc(O)cc1. The Morgan fingerprint density at radius 1 is 1.33 bits per heavy atom. The second-order valence-corrected chi connectivity index (χ2v) is 3.52. The Morgan fingerprint density at radius 3 is 2.60 bits per heavy atom. The number of phenolic OH excluding ortho intramolecular Hbond substituents is 1. The lowest BCUT2D eigenvalue weighted by atomic mass is 10.1. The van der Waals surface area contributed by atoms with E-state index in [0.717, 1.165) is 0 Å². The number of benzene rings is 1. The molecule has 0 aliphatic heterocycles. The highest BCUT2D eigenvalue weighted by atomic mass is 79.9. The molecule has 2 rings (SSSR count). The first-order valence-corrected chi connectivity index (χ1v) is 4.91. The topological polar surface area (TPSA) is 63.3 Å². The van der Waals surface area contributed by atoms with Crippen LogP contribution in [0, 0.1) is 0 Å². The summed E-state index contributed by atoms with van der Waals surface area (Å²) in [6, 6.07) is 6.32. The van der Waals surface area contributed by atoms with Gasteiger partial charge >= 0.3 is 0 Å². The van der Waals surface area contributed by atoms with Crippen LogP contribution in [0.3, 0.4) is 0 Å². The van der Waals surface area contributed by atoms with Crippen molar-refractivity contribution in [3.63, 3.8) is 0 Å². The van der Waals surface area contributed by atoms with Crippen LogP contribution in [-0.4, -0.2) is 16.4 Å². The van der Waals surface area contributed by atoms with E-state index >= 15 is 0 Å². The normalized spacial score (nSPS) is 10.2. The molecular formula is C10H6BrNO3. The fraction of sp³-hybridized carbons (Fsp3) is 0. The molecule has 0 atom stereocenters. The van der Waals surface area contributed by atoms with Crippen molar-refractivity contribution in [2.75, 3.05) is 0 Å². The minimum atomic E-state index is 0.157. The Labute approximate surface area is 93.7 Å². The Balaban J connectivity index is 2.52. The van der Waals surface area contributed by atoms with Crippen molar-refractivity contribution in [2.24, 2.45) is 0 Å². The number of aromatic nitrogens is 1. The van der Waals surface area contributed by atoms with E-state index in [0.29, 0.717) is 17.6 Å². The number of rotatable bonds is 2. The number of aromatic hydroxyl groups is 1. The van der Waals surface area contributed by atoms with Crippen LogP contribution in [0.15, 0.2) is 33.5 Å². The summed E-state index contributed by atoms with van der Waals surface area (Å²) in [6.07, 6.45) is 0.621. The Morgan fingerprint density at radius 2 is 2.00 bits per heavy atom. The van der Waals surface area contributed by atoms with E-state index in [1.165, 1.54) is 12.1 Å². The largest absolute Gasteiger partial charge is 0.508 e. The summed E-state index contributed by atoms with van der Waals surface area (Å²) in [4.78, 5) is 14.8. The van der Waals surface area contributed by atoms with Crippen molar-refractivity contribution in [3.8, 4) is 17.1 Å². The molecule has 1 aromatic heterocycles. The lowest BCUT2D eigenvalue weighted by molar-refractivity contribution is 0.111. The summed E-state index contributed by atoms with van der Waals surface area (Å²) < 4.78 is 5.22. The standard InChI is InChI=1S/C10H6BrNO3/c11-10-12-8(5-13)9(15-10)6-1-3-7(14)4-2-6/h1-5,14H. The molecule has 0 spiro atoms. The molecule has 0 bridgehead atoms. The van der Waals surface area contributed by atoms with Crippen LogP contribution in [-0.2, 0) is 0 Å². The fourth-order valence-electron chi connectivity index (χ4n) is 1.20. The first-order valence-electron chi connectivity index (χ1n) is 4.11. The van der Waals surface area contributed by atoms with Gasteiger partial charge in [-0.1, -0.05) is 0 Å². The molecule has 0 amide bonds. The van der Waals surface area contributed by atoms with Crippen LogP contribution in [0.2, 0.25) is 0 Å². The second-order valence-electron chi connectivity index (χ2n) is 2.85. The molecule has 0 fully saturated rings. The first kappa shape index (κ1) is 9.92. The van der Waals surface area contributed by atoms with Gasteiger partial charge in [-0.25, -0.2) is 0 Å². The zero-order valence-corrected chi connectivity index (χ0v) is 9.06. The molecule has 0 saturated carbocycles. The molecule has 0 aliphatic rings. The van der Waals surface area contributed by atoms with E-state index in [1.807, 2.05) is 0 Å². The number of aldehydes is 1. The van der Waals surface area contributed by atoms with Crippen molar-refractivity contribution in [2.45, 2.75) is 0 Å². The molecule has 0 radical (unpaired) electrons. The van der Waals surface area contributed by atoms with Crippen molar-refractivity contribution < 1.29 is 14.3 Å². The van der Waals surface area contributed by atoms with Crippen LogP contribution in [0.25, 0.3) is 11.3 Å². The Bertz CT molecular complexity index is 490. The lowest BCUT2D eigenvalue weighted by Crippen LogP contribution is -1.83. The lowest BCUT2D eigenvalue weighted by Gasteiger charge is -1.96. The zero-order chi connectivity index (χ0) is 10.8. The number of carbonyl (C=O) groups is 1. The third-order valence-electron chi connectivity index (χ3n) is 1.87. The summed E-state index contributed by atoms with van der Waals surface area (Å²) in [5.41, 5.74) is 0.917. The summed E-state index contributed by atoms with van der Waals surface area (Å²) in [5.74, 6) is 0.543. The summed E-state index contributed by atoms with van der Waals surface area (Å²) in [5, 5.41) is 9.11. The molecule has 2 aromatic rings. The predicted molar refractivity (Wildman–Crippen MR) is 56.7 cm³/mol. The third-order valence-corrected chi connectivity index (χ3v) is 2.21. The molecular weight excluding hydrogens is 262 g/mol. The van der Waals surface area contributed by atoms with Gasteiger partial charge in [0.2, 0.25) is 0 Å². The minimum absolute atomic E-state index is 0.157. The molecule has 0 aliphatic carbocycles. The van der Waals surface area contributed by atoms with Crippen molar-refractivity contribution in [3.05, 3.63) is 34.8 Å². The van der Waals surface area contributed by atoms with Gasteiger partial charge in [0.15, 0.2) is 17.7 Å². The van der Waals surface area contributed by atoms with Crippen LogP contribution in [0.4, 0.5) is 0 Å². The van der Waals surface area contributed by atoms with E-state index in [4.69, 9.17) is 9.52 Å². The minimum Gasteiger partial charge on any atom is -0.508 e. The highest BCUT2D eigenvalue weighted by Crippen LogP contribution is 2.27. The molecule has 76 valence electrons. The molecule has 15 heavy (non-hydrogen) atoms. The van der Waals surface area contributed by atoms with Gasteiger partial charge in [-0.15, -0.1) is 0 Å². The van der Waals surface area contributed by atoms with E-state index in [9.17, 15) is 4.79 Å². The predicted octanol–water partition coefficient (Wildman–Crippen LogP) is 2.62. The van der Waals surface area contributed by atoms with Crippen molar-refractivity contribution in [1.29, 1.82) is 0 Å². The van der Waals surface area contributed by atoms with Crippen LogP contribution in [0.1, 0.15) is 10.5 Å². The maximum absolute atomic E-state index is 10.7. The smallest absolute Gasteiger partial charge is 0.265 e. The summed E-state index contributed by atoms with van der Waals surface area (Å²) >= 11 is 3.05. The molecule has 0 saturated heterocycles. The molecule has 5 heteroatoms. The van der Waals surface area contributed by atoms with Gasteiger partial charge in [0, 0.05) is 21.5 Å². The fourth-order valence-corrected chi connectivity index (χ4v) is 1.56. The van der Waals surface area contributed by atoms with Gasteiger partial charge in [0.25, 0.3) is 4.80 Å². The number of oxazole rings is 1. The number of nitrogens with zero attached hydrogens (tertiary/aromatic N) is 1. The average molecular weight is 268 g/mol. The number of hydrogen-bond donors (Lipinski definition) is 1. The van der Waals surface area contributed by atoms with E-state index in [2.05, 4.69) is 20.9 Å². The number of halogens is 1. The third kappa shape index (κ3) is 1.92. The highest BCUT2D eigenvalue weighted by molar-refractivity contribution is 9.10. The van der Waals surface area contributed by atoms with Crippen molar-refractivity contribution in [1.82, 2.24) is 4.98 Å². The monoisotopic (exact) mass is 267 g/mol. The maximum atomic E-state index is 10.7. The number of phenols is 1. The van der Waals surface area contributed by atoms with E-state index in [-0.39, 0.29) is 16.2 Å². The highest BCUT2D eigenvalue weighted by Gasteiger charge is 2.12. The van der Waals surface area contributed by atoms with Crippen LogP contribution >= 0.6 is 15.9 Å². The second kappa shape index (κ2) is 3.86. The quantitative estimate of drug-likeness (QED) is 0.850. The van der Waals surface area contributed by atoms with E-state index in [1.54, 1.807) is 12.1 Å². The molecule has 4 nitrogen and oxygen atoms in total. The summed E-state index contributed by atoms with van der Waals surface area (Å²) in [6.45, 7) is 0. The Kier molecular flexibility index (Phi) is 2.55.